The summed E-state index contributed by atoms with van der Waals surface area (Å²) in [5.74, 6) is 0.00739. The van der Waals surface area contributed by atoms with E-state index in [0.717, 1.165) is 36.8 Å². The molecule has 0 aliphatic heterocycles. The molecule has 1 atom stereocenters. The lowest BCUT2D eigenvalue weighted by atomic mass is 9.83. The van der Waals surface area contributed by atoms with Crippen LogP contribution in [0.25, 0.3) is 11.3 Å². The quantitative estimate of drug-likeness (QED) is 0.461. The van der Waals surface area contributed by atoms with E-state index >= 15 is 0 Å². The molecule has 1 fully saturated rings. The third-order valence-corrected chi connectivity index (χ3v) is 6.48. The molecule has 3 N–H and O–H groups in total. The largest absolute Gasteiger partial charge is 0.451 e. The van der Waals surface area contributed by atoms with Gasteiger partial charge in [-0.2, -0.15) is 0 Å². The first-order chi connectivity index (χ1) is 17.0. The third-order valence-electron chi connectivity index (χ3n) is 6.48. The van der Waals surface area contributed by atoms with Crippen LogP contribution in [0.1, 0.15) is 58.7 Å². The number of aryl methyl sites for hydroxylation is 1. The van der Waals surface area contributed by atoms with Crippen LogP contribution in [-0.2, 0) is 18.4 Å². The number of nitrogens with zero attached hydrogens (tertiary/aromatic N) is 2. The van der Waals surface area contributed by atoms with Gasteiger partial charge in [0.05, 0.1) is 12.5 Å². The first-order valence-electron chi connectivity index (χ1n) is 11.9. The van der Waals surface area contributed by atoms with Crippen molar-refractivity contribution in [1.29, 1.82) is 0 Å². The predicted octanol–water partition coefficient (Wildman–Crippen LogP) is 3.03. The number of amides is 3. The summed E-state index contributed by atoms with van der Waals surface area (Å²) in [5, 5.41) is 8.43. The highest BCUT2D eigenvalue weighted by Crippen LogP contribution is 2.28. The van der Waals surface area contributed by atoms with Gasteiger partial charge < -0.3 is 24.9 Å². The van der Waals surface area contributed by atoms with E-state index in [4.69, 9.17) is 4.42 Å². The molecule has 9 heteroatoms. The van der Waals surface area contributed by atoms with Gasteiger partial charge in [-0.1, -0.05) is 37.5 Å². The topological polar surface area (TPSA) is 118 Å². The minimum Gasteiger partial charge on any atom is -0.451 e. The maximum Gasteiger partial charge on any atom is 0.287 e. The summed E-state index contributed by atoms with van der Waals surface area (Å²) >= 11 is 0. The van der Waals surface area contributed by atoms with Crippen molar-refractivity contribution in [3.8, 4) is 11.3 Å². The van der Waals surface area contributed by atoms with Gasteiger partial charge in [-0.15, -0.1) is 0 Å². The first-order valence-corrected chi connectivity index (χ1v) is 11.9. The normalized spacial score (nSPS) is 14.8. The molecule has 0 radical (unpaired) electrons. The van der Waals surface area contributed by atoms with Crippen molar-refractivity contribution in [2.75, 3.05) is 7.05 Å². The van der Waals surface area contributed by atoms with Gasteiger partial charge in [0.2, 0.25) is 5.91 Å². The number of hydrogen-bond donors (Lipinski definition) is 3. The van der Waals surface area contributed by atoms with Crippen LogP contribution >= 0.6 is 0 Å². The maximum atomic E-state index is 12.9. The number of carbonyl (C=O) groups is 3. The Bertz CT molecular complexity index is 1190. The van der Waals surface area contributed by atoms with Gasteiger partial charge in [0.15, 0.2) is 5.76 Å². The third kappa shape index (κ3) is 5.79. The fourth-order valence-corrected chi connectivity index (χ4v) is 4.53. The minimum atomic E-state index is -0.576. The molecule has 1 aliphatic carbocycles. The van der Waals surface area contributed by atoms with Crippen molar-refractivity contribution in [3.05, 3.63) is 65.9 Å². The van der Waals surface area contributed by atoms with Crippen molar-refractivity contribution in [3.63, 3.8) is 0 Å². The van der Waals surface area contributed by atoms with Crippen molar-refractivity contribution in [1.82, 2.24) is 25.5 Å². The lowest BCUT2D eigenvalue weighted by molar-refractivity contribution is -0.124. The number of aromatic nitrogens is 2. The van der Waals surface area contributed by atoms with E-state index in [1.54, 1.807) is 37.1 Å². The zero-order valence-electron chi connectivity index (χ0n) is 20.0. The molecule has 0 spiro atoms. The Balaban J connectivity index is 1.42. The monoisotopic (exact) mass is 477 g/mol. The van der Waals surface area contributed by atoms with Crippen LogP contribution in [0.4, 0.5) is 0 Å². The van der Waals surface area contributed by atoms with Crippen molar-refractivity contribution in [2.24, 2.45) is 13.0 Å². The zero-order valence-corrected chi connectivity index (χ0v) is 20.0. The molecule has 3 aromatic rings. The van der Waals surface area contributed by atoms with E-state index in [-0.39, 0.29) is 23.5 Å². The summed E-state index contributed by atoms with van der Waals surface area (Å²) in [6, 6.07) is 10.3. The van der Waals surface area contributed by atoms with Crippen molar-refractivity contribution < 1.29 is 18.8 Å². The Kier molecular flexibility index (Phi) is 7.64. The number of carbonyl (C=O) groups excluding carboxylic acids is 3. The van der Waals surface area contributed by atoms with Crippen LogP contribution in [-0.4, -0.2) is 40.4 Å². The Hall–Kier alpha value is -3.88. The smallest absolute Gasteiger partial charge is 0.287 e. The van der Waals surface area contributed by atoms with Crippen LogP contribution in [0.3, 0.4) is 0 Å². The molecule has 35 heavy (non-hydrogen) atoms. The molecule has 4 rings (SSSR count). The molecule has 184 valence electrons. The van der Waals surface area contributed by atoms with E-state index in [1.807, 2.05) is 24.3 Å². The summed E-state index contributed by atoms with van der Waals surface area (Å²) in [4.78, 5) is 41.7. The second-order valence-electron chi connectivity index (χ2n) is 8.90. The fourth-order valence-electron chi connectivity index (χ4n) is 4.53. The standard InChI is InChI=1S/C26H31N5O4/c1-27-26(34)23(18-8-4-3-5-9-18)30-25(33)22-12-11-21(35-22)19-10-6-7-17(13-19)14-29-24(32)20-15-28-16-31(20)2/h6-7,10-13,15-16,18,23H,3-5,8-9,14H2,1-2H3,(H,27,34)(H,29,32)(H,30,33). The highest BCUT2D eigenvalue weighted by molar-refractivity contribution is 5.96. The van der Waals surface area contributed by atoms with E-state index in [9.17, 15) is 14.4 Å². The molecule has 1 aliphatic rings. The summed E-state index contributed by atoms with van der Waals surface area (Å²) in [5.41, 5.74) is 2.15. The Morgan fingerprint density at radius 1 is 1.11 bits per heavy atom. The predicted molar refractivity (Wildman–Crippen MR) is 130 cm³/mol. The number of rotatable bonds is 8. The number of hydrogen-bond acceptors (Lipinski definition) is 5. The number of likely N-dealkylation sites (N-methyl/N-ethyl adjacent to an activating group) is 1. The first kappa shape index (κ1) is 24.3. The van der Waals surface area contributed by atoms with Crippen molar-refractivity contribution >= 4 is 17.7 Å². The Morgan fingerprint density at radius 3 is 2.63 bits per heavy atom. The van der Waals surface area contributed by atoms with Gasteiger partial charge in [0.25, 0.3) is 11.8 Å². The lowest BCUT2D eigenvalue weighted by Crippen LogP contribution is -2.50. The molecule has 1 unspecified atom stereocenters. The summed E-state index contributed by atoms with van der Waals surface area (Å²) in [7, 11) is 3.35. The molecule has 9 nitrogen and oxygen atoms in total. The summed E-state index contributed by atoms with van der Waals surface area (Å²) in [6.45, 7) is 0.334. The second kappa shape index (κ2) is 11.0. The Morgan fingerprint density at radius 2 is 1.91 bits per heavy atom. The van der Waals surface area contributed by atoms with E-state index in [2.05, 4.69) is 20.9 Å². The number of benzene rings is 1. The second-order valence-corrected chi connectivity index (χ2v) is 8.90. The molecular weight excluding hydrogens is 446 g/mol. The van der Waals surface area contributed by atoms with E-state index in [0.29, 0.717) is 18.0 Å². The van der Waals surface area contributed by atoms with Gasteiger partial charge in [-0.25, -0.2) is 4.98 Å². The zero-order chi connectivity index (χ0) is 24.8. The van der Waals surface area contributed by atoms with Gasteiger partial charge in [-0.3, -0.25) is 14.4 Å². The van der Waals surface area contributed by atoms with Crippen LogP contribution in [0, 0.1) is 5.92 Å². The van der Waals surface area contributed by atoms with Crippen molar-refractivity contribution in [2.45, 2.75) is 44.7 Å². The average Bonchev–Trinajstić information content (AvgIpc) is 3.55. The lowest BCUT2D eigenvalue weighted by Gasteiger charge is -2.29. The molecule has 2 heterocycles. The average molecular weight is 478 g/mol. The van der Waals surface area contributed by atoms with Crippen LogP contribution in [0.5, 0.6) is 0 Å². The van der Waals surface area contributed by atoms with Crippen LogP contribution < -0.4 is 16.0 Å². The highest BCUT2D eigenvalue weighted by Gasteiger charge is 2.31. The van der Waals surface area contributed by atoms with Crippen LogP contribution in [0.2, 0.25) is 0 Å². The van der Waals surface area contributed by atoms with Crippen LogP contribution in [0.15, 0.2) is 53.3 Å². The van der Waals surface area contributed by atoms with Gasteiger partial charge in [-0.05, 0) is 42.5 Å². The minimum absolute atomic E-state index is 0.125. The molecule has 0 bridgehead atoms. The number of imidazole rings is 1. The van der Waals surface area contributed by atoms with E-state index in [1.165, 1.54) is 12.6 Å². The highest BCUT2D eigenvalue weighted by atomic mass is 16.4. The van der Waals surface area contributed by atoms with Gasteiger partial charge in [0, 0.05) is 26.2 Å². The molecule has 1 aromatic carbocycles. The van der Waals surface area contributed by atoms with Gasteiger partial charge in [0.1, 0.15) is 17.5 Å². The maximum absolute atomic E-state index is 12.9. The molecular formula is C26H31N5O4. The SMILES string of the molecule is CNC(=O)C(NC(=O)c1ccc(-c2cccc(CNC(=O)c3cncn3C)c2)o1)C1CCCCC1. The molecule has 1 saturated carbocycles. The number of furan rings is 1. The summed E-state index contributed by atoms with van der Waals surface area (Å²) < 4.78 is 7.50. The molecule has 0 saturated heterocycles. The summed E-state index contributed by atoms with van der Waals surface area (Å²) in [6.07, 6.45) is 8.24. The Labute approximate surface area is 204 Å². The number of nitrogens with one attached hydrogen (secondary N) is 3. The fraction of sp³-hybridized carbons (Fsp3) is 0.385. The van der Waals surface area contributed by atoms with Gasteiger partial charge >= 0.3 is 0 Å². The molecule has 2 aromatic heterocycles. The molecule has 3 amide bonds. The van der Waals surface area contributed by atoms with E-state index < -0.39 is 11.9 Å².